The van der Waals surface area contributed by atoms with Crippen LogP contribution in [-0.2, 0) is 20.0 Å². The number of fused-ring (bicyclic) bond motifs is 5. The second-order valence-electron chi connectivity index (χ2n) is 6.46. The Hall–Kier alpha value is -1.62. The second kappa shape index (κ2) is 6.45. The van der Waals surface area contributed by atoms with Crippen molar-refractivity contribution in [2.24, 2.45) is 0 Å². The van der Waals surface area contributed by atoms with E-state index in [1.165, 1.54) is 21.0 Å². The summed E-state index contributed by atoms with van der Waals surface area (Å²) in [6, 6.07) is 7.08. The van der Waals surface area contributed by atoms with Crippen molar-refractivity contribution in [1.82, 2.24) is 0 Å². The Balaban J connectivity index is 2.17. The van der Waals surface area contributed by atoms with Crippen molar-refractivity contribution in [3.05, 3.63) is 59.3 Å². The molecule has 2 aromatic rings. The lowest BCUT2D eigenvalue weighted by Crippen LogP contribution is -2.33. The van der Waals surface area contributed by atoms with Crippen molar-refractivity contribution >= 4 is 83.0 Å². The lowest BCUT2D eigenvalue weighted by molar-refractivity contribution is 0.599. The Morgan fingerprint density at radius 1 is 0.679 bits per heavy atom. The third kappa shape index (κ3) is 3.02. The molecule has 4 rings (SSSR count). The van der Waals surface area contributed by atoms with Crippen molar-refractivity contribution in [3.63, 3.8) is 0 Å². The van der Waals surface area contributed by atoms with E-state index in [4.69, 9.17) is 0 Å². The molecule has 0 fully saturated rings. The van der Waals surface area contributed by atoms with Crippen LogP contribution in [0.5, 0.6) is 0 Å². The lowest BCUT2D eigenvalue weighted by Gasteiger charge is -2.25. The Kier molecular flexibility index (Phi) is 4.53. The van der Waals surface area contributed by atoms with Gasteiger partial charge in [0.05, 0.1) is 23.9 Å². The Morgan fingerprint density at radius 2 is 1.04 bits per heavy atom. The van der Waals surface area contributed by atoms with E-state index in [1.807, 2.05) is 12.1 Å². The zero-order chi connectivity index (χ0) is 20.4. The molecule has 6 nitrogen and oxygen atoms in total. The summed E-state index contributed by atoms with van der Waals surface area (Å²) >= 11 is 7.05. The summed E-state index contributed by atoms with van der Waals surface area (Å²) in [6.45, 7) is 0. The van der Waals surface area contributed by atoms with E-state index in [0.717, 1.165) is 42.7 Å². The van der Waals surface area contributed by atoms with E-state index in [9.17, 15) is 16.8 Å². The fourth-order valence-corrected chi connectivity index (χ4v) is 6.08. The summed E-state index contributed by atoms with van der Waals surface area (Å²) in [4.78, 5) is 0. The number of rotatable bonds is 2. The van der Waals surface area contributed by atoms with Crippen LogP contribution >= 0.6 is 31.9 Å². The maximum Gasteiger partial charge on any atom is 0.236 e. The maximum atomic E-state index is 12.2. The van der Waals surface area contributed by atoms with Gasteiger partial charge in [-0.05, 0) is 35.1 Å². The second-order valence-corrected chi connectivity index (χ2v) is 11.9. The van der Waals surface area contributed by atoms with Crippen LogP contribution < -0.4 is 19.0 Å². The normalized spacial score (nSPS) is 16.6. The molecule has 0 saturated carbocycles. The first-order chi connectivity index (χ1) is 13.0. The zero-order valence-corrected chi connectivity index (χ0v) is 19.5. The van der Waals surface area contributed by atoms with E-state index in [-0.39, 0.29) is 0 Å². The minimum atomic E-state index is -3.49. The van der Waals surface area contributed by atoms with Gasteiger partial charge in [-0.1, -0.05) is 44.0 Å². The van der Waals surface area contributed by atoms with Crippen LogP contribution in [0.25, 0.3) is 19.7 Å². The average molecular weight is 546 g/mol. The molecule has 0 unspecified atom stereocenters. The van der Waals surface area contributed by atoms with E-state index in [1.54, 1.807) is 24.3 Å². The van der Waals surface area contributed by atoms with Crippen LogP contribution in [-0.4, -0.2) is 29.3 Å². The fraction of sp³-hybridized carbons (Fsp3) is 0.111. The number of allylic oxidation sites excluding steroid dienone is 2. The number of benzene rings is 2. The van der Waals surface area contributed by atoms with Crippen LogP contribution in [0.2, 0.25) is 0 Å². The highest BCUT2D eigenvalue weighted by Gasteiger charge is 2.24. The molecule has 0 bridgehead atoms. The van der Waals surface area contributed by atoms with Gasteiger partial charge in [0, 0.05) is 31.8 Å². The summed E-state index contributed by atoms with van der Waals surface area (Å²) in [5, 5.41) is 3.08. The van der Waals surface area contributed by atoms with Crippen molar-refractivity contribution < 1.29 is 16.8 Å². The van der Waals surface area contributed by atoms with Crippen molar-refractivity contribution in [3.8, 4) is 0 Å². The molecule has 2 heterocycles. The third-order valence-corrected chi connectivity index (χ3v) is 7.92. The van der Waals surface area contributed by atoms with Gasteiger partial charge in [-0.3, -0.25) is 0 Å². The SMILES string of the molecule is CS(=O)(=O)N1C=CC(Br)=c2c1ccc1c3c(ccc21)N(S(C)(=O)=O)C=CC=3Br. The molecule has 10 heteroatoms. The number of halogens is 2. The van der Waals surface area contributed by atoms with Crippen LogP contribution in [0, 0.1) is 0 Å². The van der Waals surface area contributed by atoms with Gasteiger partial charge in [0.25, 0.3) is 0 Å². The summed E-state index contributed by atoms with van der Waals surface area (Å²) in [5.41, 5.74) is 1.07. The van der Waals surface area contributed by atoms with Gasteiger partial charge in [0.15, 0.2) is 0 Å². The molecule has 146 valence electrons. The number of anilines is 2. The summed E-state index contributed by atoms with van der Waals surface area (Å²) in [7, 11) is -6.98. The fourth-order valence-electron chi connectivity index (χ4n) is 3.42. The van der Waals surface area contributed by atoms with E-state index < -0.39 is 20.0 Å². The Labute approximate surface area is 179 Å². The predicted molar refractivity (Wildman–Crippen MR) is 121 cm³/mol. The molecule has 2 aliphatic rings. The topological polar surface area (TPSA) is 74.8 Å². The van der Waals surface area contributed by atoms with Gasteiger partial charge in [-0.15, -0.1) is 0 Å². The summed E-state index contributed by atoms with van der Waals surface area (Å²) in [5.74, 6) is 0. The van der Waals surface area contributed by atoms with Crippen molar-refractivity contribution in [2.45, 2.75) is 0 Å². The van der Waals surface area contributed by atoms with Gasteiger partial charge in [0.1, 0.15) is 0 Å². The molecule has 28 heavy (non-hydrogen) atoms. The van der Waals surface area contributed by atoms with Crippen LogP contribution in [0.4, 0.5) is 11.4 Å². The minimum absolute atomic E-state index is 0.534. The minimum Gasteiger partial charge on any atom is -0.245 e. The predicted octanol–water partition coefficient (Wildman–Crippen LogP) is 2.43. The van der Waals surface area contributed by atoms with Gasteiger partial charge in [-0.25, -0.2) is 25.4 Å². The van der Waals surface area contributed by atoms with Crippen LogP contribution in [0.15, 0.2) is 48.8 Å². The maximum absolute atomic E-state index is 12.2. The number of nitrogens with zero attached hydrogens (tertiary/aromatic N) is 2. The number of sulfonamides is 2. The van der Waals surface area contributed by atoms with E-state index in [0.29, 0.717) is 11.4 Å². The largest absolute Gasteiger partial charge is 0.245 e. The van der Waals surface area contributed by atoms with Gasteiger partial charge in [-0.2, -0.15) is 0 Å². The molecule has 0 atom stereocenters. The van der Waals surface area contributed by atoms with E-state index in [2.05, 4.69) is 31.9 Å². The Morgan fingerprint density at radius 3 is 1.36 bits per heavy atom. The van der Waals surface area contributed by atoms with Gasteiger partial charge in [0.2, 0.25) is 20.0 Å². The van der Waals surface area contributed by atoms with Crippen LogP contribution in [0.1, 0.15) is 0 Å². The smallest absolute Gasteiger partial charge is 0.236 e. The molecule has 2 aromatic carbocycles. The first-order valence-electron chi connectivity index (χ1n) is 8.01. The van der Waals surface area contributed by atoms with Crippen LogP contribution in [0.3, 0.4) is 0 Å². The number of hydrogen-bond donors (Lipinski definition) is 0. The first kappa shape index (κ1) is 19.7. The molecular weight excluding hydrogens is 532 g/mol. The van der Waals surface area contributed by atoms with Gasteiger partial charge < -0.3 is 0 Å². The Bertz CT molecular complexity index is 1330. The quantitative estimate of drug-likeness (QED) is 0.581. The third-order valence-electron chi connectivity index (χ3n) is 4.54. The van der Waals surface area contributed by atoms with Crippen molar-refractivity contribution in [2.75, 3.05) is 21.1 Å². The lowest BCUT2D eigenvalue weighted by atomic mass is 10.0. The molecule has 0 aromatic heterocycles. The molecule has 2 aliphatic heterocycles. The highest BCUT2D eigenvalue weighted by molar-refractivity contribution is 9.15. The molecule has 0 N–H and O–H groups in total. The summed E-state index contributed by atoms with van der Waals surface area (Å²) in [6.07, 6.45) is 8.67. The standard InChI is InChI=1S/C18H14Br2N2O4S2/c1-27(23,24)21-9-7-13(19)17-11-4-6-16-18(12(11)3-5-15(17)21)14(20)8-10-22(16)28(2,25)26/h3-10H,1-2H3. The molecular formula is C18H14Br2N2O4S2. The molecule has 0 radical (unpaired) electrons. The highest BCUT2D eigenvalue weighted by atomic mass is 79.9. The molecule has 0 spiro atoms. The first-order valence-corrected chi connectivity index (χ1v) is 13.3. The molecule has 0 amide bonds. The number of hydrogen-bond acceptors (Lipinski definition) is 4. The molecule has 0 saturated heterocycles. The molecule has 0 aliphatic carbocycles. The zero-order valence-electron chi connectivity index (χ0n) is 14.7. The highest BCUT2D eigenvalue weighted by Crippen LogP contribution is 2.29. The van der Waals surface area contributed by atoms with Crippen molar-refractivity contribution in [1.29, 1.82) is 0 Å². The summed E-state index contributed by atoms with van der Waals surface area (Å²) < 4.78 is 52.7. The monoisotopic (exact) mass is 544 g/mol. The van der Waals surface area contributed by atoms with E-state index >= 15 is 0 Å². The average Bonchev–Trinajstić information content (AvgIpc) is 2.59. The van der Waals surface area contributed by atoms with Gasteiger partial charge >= 0.3 is 0 Å².